The molecule has 3 unspecified atom stereocenters. The maximum absolute atomic E-state index is 11.7. The maximum Gasteiger partial charge on any atom is 0.150 e. The predicted octanol–water partition coefficient (Wildman–Crippen LogP) is 1.91. The van der Waals surface area contributed by atoms with Crippen LogP contribution in [0.25, 0.3) is 0 Å². The van der Waals surface area contributed by atoms with Gasteiger partial charge in [0.1, 0.15) is 9.84 Å². The SMILES string of the molecule is CCC(C)C1CN(CCCS(=O)(=O)CC)C(C2CC2)CN1. The fraction of sp³-hybridized carbons (Fsp3) is 1.00. The van der Waals surface area contributed by atoms with E-state index in [4.69, 9.17) is 0 Å². The number of piperazine rings is 1. The molecule has 21 heavy (non-hydrogen) atoms. The van der Waals surface area contributed by atoms with E-state index in [1.807, 2.05) is 0 Å². The average Bonchev–Trinajstić information content (AvgIpc) is 3.30. The predicted molar refractivity (Wildman–Crippen MR) is 88.3 cm³/mol. The third-order valence-electron chi connectivity index (χ3n) is 5.33. The van der Waals surface area contributed by atoms with Gasteiger partial charge in [-0.1, -0.05) is 27.2 Å². The fourth-order valence-corrected chi connectivity index (χ4v) is 4.21. The Bertz CT molecular complexity index is 420. The van der Waals surface area contributed by atoms with Crippen LogP contribution in [-0.2, 0) is 9.84 Å². The van der Waals surface area contributed by atoms with Gasteiger partial charge >= 0.3 is 0 Å². The molecule has 1 N–H and O–H groups in total. The van der Waals surface area contributed by atoms with Gasteiger partial charge in [-0.05, 0) is 37.6 Å². The van der Waals surface area contributed by atoms with Gasteiger partial charge in [0.15, 0.2) is 0 Å². The zero-order valence-corrected chi connectivity index (χ0v) is 14.7. The number of rotatable bonds is 8. The summed E-state index contributed by atoms with van der Waals surface area (Å²) in [5.74, 6) is 2.15. The first-order chi connectivity index (χ1) is 9.96. The quantitative estimate of drug-likeness (QED) is 0.743. The molecule has 5 heteroatoms. The molecule has 1 saturated heterocycles. The van der Waals surface area contributed by atoms with E-state index < -0.39 is 9.84 Å². The average molecular weight is 317 g/mol. The van der Waals surface area contributed by atoms with Gasteiger partial charge < -0.3 is 5.32 Å². The lowest BCUT2D eigenvalue weighted by Gasteiger charge is -2.42. The topological polar surface area (TPSA) is 49.4 Å². The van der Waals surface area contributed by atoms with Gasteiger partial charge in [0.2, 0.25) is 0 Å². The third kappa shape index (κ3) is 4.93. The van der Waals surface area contributed by atoms with Gasteiger partial charge in [0.25, 0.3) is 0 Å². The van der Waals surface area contributed by atoms with Crippen LogP contribution in [0.3, 0.4) is 0 Å². The number of hydrogen-bond acceptors (Lipinski definition) is 4. The molecule has 0 aromatic rings. The maximum atomic E-state index is 11.7. The minimum absolute atomic E-state index is 0.274. The summed E-state index contributed by atoms with van der Waals surface area (Å²) in [7, 11) is -2.82. The molecule has 2 rings (SSSR count). The summed E-state index contributed by atoms with van der Waals surface area (Å²) < 4.78 is 23.3. The Labute approximate surface area is 130 Å². The number of sulfone groups is 1. The van der Waals surface area contributed by atoms with Crippen molar-refractivity contribution in [3.05, 3.63) is 0 Å². The lowest BCUT2D eigenvalue weighted by molar-refractivity contribution is 0.0963. The van der Waals surface area contributed by atoms with E-state index in [1.165, 1.54) is 19.3 Å². The van der Waals surface area contributed by atoms with Gasteiger partial charge in [-0.2, -0.15) is 0 Å². The van der Waals surface area contributed by atoms with Crippen molar-refractivity contribution in [3.8, 4) is 0 Å². The molecule has 2 fully saturated rings. The van der Waals surface area contributed by atoms with Gasteiger partial charge in [0, 0.05) is 30.9 Å². The first kappa shape index (κ1) is 17.2. The van der Waals surface area contributed by atoms with Gasteiger partial charge in [-0.3, -0.25) is 4.90 Å². The van der Waals surface area contributed by atoms with Crippen molar-refractivity contribution in [3.63, 3.8) is 0 Å². The van der Waals surface area contributed by atoms with E-state index in [1.54, 1.807) is 6.92 Å². The van der Waals surface area contributed by atoms with E-state index in [9.17, 15) is 8.42 Å². The van der Waals surface area contributed by atoms with E-state index in [0.29, 0.717) is 23.8 Å². The van der Waals surface area contributed by atoms with E-state index in [2.05, 4.69) is 24.1 Å². The summed E-state index contributed by atoms with van der Waals surface area (Å²) in [4.78, 5) is 2.58. The van der Waals surface area contributed by atoms with Crippen molar-refractivity contribution in [1.82, 2.24) is 10.2 Å². The first-order valence-corrected chi connectivity index (χ1v) is 10.5. The summed E-state index contributed by atoms with van der Waals surface area (Å²) in [6.07, 6.45) is 4.69. The van der Waals surface area contributed by atoms with Crippen LogP contribution in [0.1, 0.15) is 46.5 Å². The molecular weight excluding hydrogens is 284 g/mol. The van der Waals surface area contributed by atoms with Crippen LogP contribution in [0.4, 0.5) is 0 Å². The normalized spacial score (nSPS) is 29.5. The summed E-state index contributed by atoms with van der Waals surface area (Å²) in [5, 5.41) is 3.73. The van der Waals surface area contributed by atoms with Crippen LogP contribution in [0.5, 0.6) is 0 Å². The Balaban J connectivity index is 1.88. The molecule has 0 amide bonds. The summed E-state index contributed by atoms with van der Waals surface area (Å²) in [6.45, 7) is 9.41. The molecule has 2 aliphatic rings. The van der Waals surface area contributed by atoms with Crippen LogP contribution < -0.4 is 5.32 Å². The first-order valence-electron chi connectivity index (χ1n) is 8.64. The molecule has 0 aromatic carbocycles. The smallest absolute Gasteiger partial charge is 0.150 e. The van der Waals surface area contributed by atoms with Crippen LogP contribution in [0, 0.1) is 11.8 Å². The molecule has 0 bridgehead atoms. The molecule has 124 valence electrons. The largest absolute Gasteiger partial charge is 0.311 e. The Hall–Kier alpha value is -0.130. The molecule has 0 spiro atoms. The summed E-state index contributed by atoms with van der Waals surface area (Å²) in [5.41, 5.74) is 0. The van der Waals surface area contributed by atoms with Crippen LogP contribution in [0.15, 0.2) is 0 Å². The van der Waals surface area contributed by atoms with Crippen molar-refractivity contribution in [2.75, 3.05) is 31.1 Å². The Morgan fingerprint density at radius 3 is 2.57 bits per heavy atom. The number of hydrogen-bond donors (Lipinski definition) is 1. The molecule has 0 radical (unpaired) electrons. The number of nitrogens with zero attached hydrogens (tertiary/aromatic N) is 1. The van der Waals surface area contributed by atoms with Crippen LogP contribution in [0.2, 0.25) is 0 Å². The highest BCUT2D eigenvalue weighted by atomic mass is 32.2. The molecule has 4 nitrogen and oxygen atoms in total. The molecule has 3 atom stereocenters. The van der Waals surface area contributed by atoms with E-state index in [0.717, 1.165) is 32.0 Å². The zero-order valence-electron chi connectivity index (χ0n) is 13.8. The second-order valence-electron chi connectivity index (χ2n) is 6.89. The minimum atomic E-state index is -2.82. The van der Waals surface area contributed by atoms with Crippen molar-refractivity contribution in [2.24, 2.45) is 11.8 Å². The lowest BCUT2D eigenvalue weighted by atomic mass is 9.94. The number of nitrogens with one attached hydrogen (secondary N) is 1. The van der Waals surface area contributed by atoms with Crippen LogP contribution >= 0.6 is 0 Å². The zero-order chi connectivity index (χ0) is 15.5. The highest BCUT2D eigenvalue weighted by molar-refractivity contribution is 7.91. The molecule has 1 aliphatic carbocycles. The highest BCUT2D eigenvalue weighted by Crippen LogP contribution is 2.36. The molecule has 1 heterocycles. The summed E-state index contributed by atoms with van der Waals surface area (Å²) in [6, 6.07) is 1.20. The highest BCUT2D eigenvalue weighted by Gasteiger charge is 2.39. The van der Waals surface area contributed by atoms with Crippen molar-refractivity contribution in [2.45, 2.75) is 58.5 Å². The van der Waals surface area contributed by atoms with E-state index >= 15 is 0 Å². The Morgan fingerprint density at radius 1 is 1.29 bits per heavy atom. The molecule has 1 saturated carbocycles. The fourth-order valence-electron chi connectivity index (χ4n) is 3.35. The van der Waals surface area contributed by atoms with Crippen molar-refractivity contribution >= 4 is 9.84 Å². The lowest BCUT2D eigenvalue weighted by Crippen LogP contribution is -2.59. The minimum Gasteiger partial charge on any atom is -0.311 e. The second-order valence-corrected chi connectivity index (χ2v) is 9.36. The molecule has 0 aromatic heterocycles. The van der Waals surface area contributed by atoms with Crippen molar-refractivity contribution < 1.29 is 8.42 Å². The van der Waals surface area contributed by atoms with E-state index in [-0.39, 0.29) is 5.75 Å². The van der Waals surface area contributed by atoms with Gasteiger partial charge in [-0.25, -0.2) is 8.42 Å². The molecule has 1 aliphatic heterocycles. The van der Waals surface area contributed by atoms with Crippen molar-refractivity contribution in [1.29, 1.82) is 0 Å². The monoisotopic (exact) mass is 316 g/mol. The second kappa shape index (κ2) is 7.42. The van der Waals surface area contributed by atoms with Gasteiger partial charge in [0.05, 0.1) is 5.75 Å². The summed E-state index contributed by atoms with van der Waals surface area (Å²) >= 11 is 0. The Morgan fingerprint density at radius 2 is 2.00 bits per heavy atom. The standard InChI is InChI=1S/C16H32N2O2S/c1-4-13(3)15-12-18(9-6-10-21(19,20)5-2)16(11-17-15)14-7-8-14/h13-17H,4-12H2,1-3H3. The molecular formula is C16H32N2O2S. The third-order valence-corrected chi connectivity index (χ3v) is 7.12. The Kier molecular flexibility index (Phi) is 6.09. The van der Waals surface area contributed by atoms with Gasteiger partial charge in [-0.15, -0.1) is 0 Å². The van der Waals surface area contributed by atoms with Crippen LogP contribution in [-0.4, -0.2) is 56.5 Å².